The van der Waals surface area contributed by atoms with Crippen molar-refractivity contribution >= 4 is 33.4 Å². The summed E-state index contributed by atoms with van der Waals surface area (Å²) in [4.78, 5) is 0. The van der Waals surface area contributed by atoms with E-state index >= 15 is 17.6 Å². The van der Waals surface area contributed by atoms with E-state index in [9.17, 15) is 8.78 Å². The van der Waals surface area contributed by atoms with Gasteiger partial charge in [0.1, 0.15) is 10.0 Å². The van der Waals surface area contributed by atoms with Gasteiger partial charge in [0.15, 0.2) is 44.9 Å². The van der Waals surface area contributed by atoms with Crippen LogP contribution in [0.3, 0.4) is 0 Å². The molecule has 0 unspecified atom stereocenters. The summed E-state index contributed by atoms with van der Waals surface area (Å²) in [5.41, 5.74) is -1.62. The van der Waals surface area contributed by atoms with Crippen LogP contribution in [0.25, 0.3) is 31.9 Å². The summed E-state index contributed by atoms with van der Waals surface area (Å²) in [7, 11) is 0. The number of aromatic nitrogens is 4. The van der Waals surface area contributed by atoms with Crippen molar-refractivity contribution in [3.63, 3.8) is 0 Å². The van der Waals surface area contributed by atoms with Crippen LogP contribution in [0.1, 0.15) is 62.4 Å². The van der Waals surface area contributed by atoms with Crippen LogP contribution in [0.15, 0.2) is 0 Å². The molecular weight excluding hydrogens is 522 g/mol. The largest absolute Gasteiger partial charge is 0.203 e. The van der Waals surface area contributed by atoms with E-state index in [1.807, 2.05) is 13.8 Å². The first-order chi connectivity index (χ1) is 17.3. The molecule has 12 heteroatoms. The van der Waals surface area contributed by atoms with Crippen molar-refractivity contribution in [2.75, 3.05) is 0 Å². The molecular formula is C24H22F6N4S2. The van der Waals surface area contributed by atoms with Crippen molar-refractivity contribution in [3.05, 3.63) is 44.9 Å². The minimum Gasteiger partial charge on any atom is -0.203 e. The zero-order valence-corrected chi connectivity index (χ0v) is 21.2. The Labute approximate surface area is 211 Å². The summed E-state index contributed by atoms with van der Waals surface area (Å²) in [5.74, 6) is -11.1. The Morgan fingerprint density at radius 2 is 0.889 bits per heavy atom. The van der Waals surface area contributed by atoms with E-state index in [1.54, 1.807) is 0 Å². The topological polar surface area (TPSA) is 51.6 Å². The number of aryl methyl sites for hydroxylation is 2. The summed E-state index contributed by atoms with van der Waals surface area (Å²) in [6.45, 7) is 4.02. The third kappa shape index (κ3) is 4.84. The van der Waals surface area contributed by atoms with Gasteiger partial charge < -0.3 is 0 Å². The molecule has 0 aliphatic rings. The van der Waals surface area contributed by atoms with E-state index in [0.29, 0.717) is 22.9 Å². The molecule has 192 valence electrons. The minimum atomic E-state index is -1.96. The third-order valence-corrected chi connectivity index (χ3v) is 7.75. The quantitative estimate of drug-likeness (QED) is 0.115. The Kier molecular flexibility index (Phi) is 8.23. The van der Waals surface area contributed by atoms with Gasteiger partial charge in [0, 0.05) is 23.6 Å². The van der Waals surface area contributed by atoms with Crippen molar-refractivity contribution in [3.8, 4) is 21.1 Å². The molecule has 2 aromatic carbocycles. The lowest BCUT2D eigenvalue weighted by Gasteiger charge is -2.14. The SMILES string of the molecule is CCCCCc1nnc(-c2c(F)c(F)c(F)c3c(-c4nnc(CCCCC)s4)c(F)c(F)c(F)c23)s1. The summed E-state index contributed by atoms with van der Waals surface area (Å²) in [6.07, 6.45) is 6.22. The molecule has 4 nitrogen and oxygen atoms in total. The average molecular weight is 545 g/mol. The van der Waals surface area contributed by atoms with Crippen molar-refractivity contribution in [2.45, 2.75) is 65.2 Å². The predicted octanol–water partition coefficient (Wildman–Crippen LogP) is 8.18. The van der Waals surface area contributed by atoms with E-state index in [1.165, 1.54) is 0 Å². The molecule has 0 amide bonds. The van der Waals surface area contributed by atoms with E-state index in [2.05, 4.69) is 20.4 Å². The molecule has 0 bridgehead atoms. The second-order valence-corrected chi connectivity index (χ2v) is 10.4. The first-order valence-corrected chi connectivity index (χ1v) is 13.2. The summed E-state index contributed by atoms with van der Waals surface area (Å²) in [6, 6.07) is 0. The molecule has 0 radical (unpaired) electrons. The lowest BCUT2D eigenvalue weighted by atomic mass is 9.97. The number of unbranched alkanes of at least 4 members (excludes halogenated alkanes) is 4. The van der Waals surface area contributed by atoms with Crippen LogP contribution in [0, 0.1) is 34.9 Å². The van der Waals surface area contributed by atoms with Crippen molar-refractivity contribution in [2.24, 2.45) is 0 Å². The van der Waals surface area contributed by atoms with Gasteiger partial charge in [-0.2, -0.15) is 0 Å². The molecule has 36 heavy (non-hydrogen) atoms. The number of hydrogen-bond acceptors (Lipinski definition) is 6. The highest BCUT2D eigenvalue weighted by Gasteiger charge is 2.33. The van der Waals surface area contributed by atoms with Crippen LogP contribution in [0.5, 0.6) is 0 Å². The van der Waals surface area contributed by atoms with E-state index in [4.69, 9.17) is 0 Å². The molecule has 2 heterocycles. The average Bonchev–Trinajstić information content (AvgIpc) is 3.52. The number of rotatable bonds is 10. The number of halogens is 6. The van der Waals surface area contributed by atoms with Crippen LogP contribution in [0.2, 0.25) is 0 Å². The van der Waals surface area contributed by atoms with E-state index in [0.717, 1.165) is 61.2 Å². The van der Waals surface area contributed by atoms with E-state index in [-0.39, 0.29) is 10.0 Å². The van der Waals surface area contributed by atoms with Crippen molar-refractivity contribution in [1.29, 1.82) is 0 Å². The van der Waals surface area contributed by atoms with E-state index < -0.39 is 56.8 Å². The van der Waals surface area contributed by atoms with Crippen LogP contribution in [0.4, 0.5) is 26.3 Å². The fourth-order valence-corrected chi connectivity index (χ4v) is 5.76. The maximum atomic E-state index is 15.1. The summed E-state index contributed by atoms with van der Waals surface area (Å²) in [5, 5.41) is 14.0. The fraction of sp³-hybridized carbons (Fsp3) is 0.417. The molecule has 0 spiro atoms. The molecule has 0 aliphatic carbocycles. The molecule has 4 rings (SSSR count). The van der Waals surface area contributed by atoms with Gasteiger partial charge in [-0.3, -0.25) is 0 Å². The molecule has 0 atom stereocenters. The molecule has 0 saturated carbocycles. The number of hydrogen-bond donors (Lipinski definition) is 0. The lowest BCUT2D eigenvalue weighted by molar-refractivity contribution is 0.444. The standard InChI is InChI=1S/C24H22F6N4S2/c1-3-5-7-9-11-31-33-23(35-11)15-13-14(18(26)21(29)19(15)27)16(20(28)22(30)17(13)25)24-34-32-12(36-24)10-8-6-4-2/h3-10H2,1-2H3. The van der Waals surface area contributed by atoms with Gasteiger partial charge in [-0.25, -0.2) is 26.3 Å². The molecule has 2 aromatic heterocycles. The van der Waals surface area contributed by atoms with Gasteiger partial charge in [-0.1, -0.05) is 62.2 Å². The zero-order chi connectivity index (χ0) is 26.0. The Morgan fingerprint density at radius 1 is 0.500 bits per heavy atom. The molecule has 0 aliphatic heterocycles. The molecule has 0 fully saturated rings. The van der Waals surface area contributed by atoms with Gasteiger partial charge in [-0.15, -0.1) is 20.4 Å². The fourth-order valence-electron chi connectivity index (χ4n) is 3.91. The summed E-state index contributed by atoms with van der Waals surface area (Å²) < 4.78 is 89.8. The highest BCUT2D eigenvalue weighted by Crippen LogP contribution is 2.44. The minimum absolute atomic E-state index is 0.267. The Bertz CT molecular complexity index is 1300. The van der Waals surface area contributed by atoms with Gasteiger partial charge >= 0.3 is 0 Å². The van der Waals surface area contributed by atoms with Gasteiger partial charge in [0.25, 0.3) is 0 Å². The number of benzene rings is 2. The maximum Gasteiger partial charge on any atom is 0.195 e. The third-order valence-electron chi connectivity index (χ3n) is 5.75. The monoisotopic (exact) mass is 544 g/mol. The van der Waals surface area contributed by atoms with Crippen LogP contribution < -0.4 is 0 Å². The Balaban J connectivity index is 1.95. The lowest BCUT2D eigenvalue weighted by Crippen LogP contribution is -2.05. The maximum absolute atomic E-state index is 15.1. The first kappa shape index (κ1) is 26.5. The van der Waals surface area contributed by atoms with Crippen molar-refractivity contribution in [1.82, 2.24) is 20.4 Å². The Morgan fingerprint density at radius 3 is 1.25 bits per heavy atom. The molecule has 0 N–H and O–H groups in total. The van der Waals surface area contributed by atoms with Gasteiger partial charge in [0.05, 0.1) is 11.1 Å². The highest BCUT2D eigenvalue weighted by atomic mass is 32.1. The second kappa shape index (κ2) is 11.2. The normalized spacial score (nSPS) is 11.7. The van der Waals surface area contributed by atoms with Crippen LogP contribution in [-0.4, -0.2) is 20.4 Å². The number of nitrogens with zero attached hydrogens (tertiary/aromatic N) is 4. The molecule has 0 saturated heterocycles. The first-order valence-electron chi connectivity index (χ1n) is 11.6. The second-order valence-electron chi connectivity index (χ2n) is 8.30. The van der Waals surface area contributed by atoms with Gasteiger partial charge in [-0.05, 0) is 12.8 Å². The number of fused-ring (bicyclic) bond motifs is 1. The van der Waals surface area contributed by atoms with Crippen LogP contribution >= 0.6 is 22.7 Å². The van der Waals surface area contributed by atoms with Crippen LogP contribution in [-0.2, 0) is 12.8 Å². The molecule has 4 aromatic rings. The summed E-state index contributed by atoms with van der Waals surface area (Å²) >= 11 is 1.71. The zero-order valence-electron chi connectivity index (χ0n) is 19.5. The van der Waals surface area contributed by atoms with Gasteiger partial charge in [0.2, 0.25) is 0 Å². The van der Waals surface area contributed by atoms with Crippen molar-refractivity contribution < 1.29 is 26.3 Å². The highest BCUT2D eigenvalue weighted by molar-refractivity contribution is 7.15. The predicted molar refractivity (Wildman–Crippen MR) is 128 cm³/mol. The Hall–Kier alpha value is -2.60. The smallest absolute Gasteiger partial charge is 0.195 e.